The molecule has 0 radical (unpaired) electrons. The van der Waals surface area contributed by atoms with E-state index in [1.807, 2.05) is 12.1 Å². The number of piperidine rings is 1. The van der Waals surface area contributed by atoms with Gasteiger partial charge in [0.25, 0.3) is 0 Å². The minimum atomic E-state index is 0.274. The Labute approximate surface area is 169 Å². The average molecular weight is 379 g/mol. The van der Waals surface area contributed by atoms with E-state index in [1.165, 1.54) is 44.1 Å². The van der Waals surface area contributed by atoms with E-state index in [9.17, 15) is 4.79 Å². The van der Waals surface area contributed by atoms with Crippen molar-refractivity contribution in [2.75, 3.05) is 5.73 Å². The Kier molecular flexibility index (Phi) is 4.16. The zero-order valence-electron chi connectivity index (χ0n) is 17.3. The maximum absolute atomic E-state index is 12.0. The van der Waals surface area contributed by atoms with Gasteiger partial charge in [-0.05, 0) is 91.2 Å². The van der Waals surface area contributed by atoms with Crippen molar-refractivity contribution in [2.24, 2.45) is 28.6 Å². The summed E-state index contributed by atoms with van der Waals surface area (Å²) in [5, 5.41) is 3.35. The zero-order chi connectivity index (χ0) is 19.5. The van der Waals surface area contributed by atoms with Gasteiger partial charge in [0.05, 0.1) is 0 Å². The highest BCUT2D eigenvalue weighted by molar-refractivity contribution is 5.77. The summed E-state index contributed by atoms with van der Waals surface area (Å²) in [5.74, 6) is 2.69. The van der Waals surface area contributed by atoms with Crippen LogP contribution in [0.25, 0.3) is 6.08 Å². The van der Waals surface area contributed by atoms with Gasteiger partial charge in [-0.2, -0.15) is 0 Å². The van der Waals surface area contributed by atoms with Gasteiger partial charge in [0.15, 0.2) is 0 Å². The summed E-state index contributed by atoms with van der Waals surface area (Å²) >= 11 is 0. The van der Waals surface area contributed by atoms with Crippen molar-refractivity contribution in [2.45, 2.75) is 71.3 Å². The number of nitrogens with two attached hydrogens (primary N) is 1. The number of benzene rings is 1. The van der Waals surface area contributed by atoms with Gasteiger partial charge in [0.2, 0.25) is 5.91 Å². The highest BCUT2D eigenvalue weighted by Gasteiger charge is 2.59. The maximum Gasteiger partial charge on any atom is 0.220 e. The first kappa shape index (κ1) is 18.3. The fourth-order valence-corrected chi connectivity index (χ4v) is 7.58. The molecule has 3 aliphatic carbocycles. The van der Waals surface area contributed by atoms with Crippen molar-refractivity contribution in [1.82, 2.24) is 5.32 Å². The summed E-state index contributed by atoms with van der Waals surface area (Å²) in [5.41, 5.74) is 10.3. The highest BCUT2D eigenvalue weighted by Crippen LogP contribution is 2.65. The molecule has 0 aromatic heterocycles. The van der Waals surface area contributed by atoms with Crippen molar-refractivity contribution >= 4 is 17.7 Å². The molecule has 0 unspecified atom stereocenters. The number of allylic oxidation sites excluding steroid dienone is 1. The van der Waals surface area contributed by atoms with Crippen LogP contribution in [0, 0.1) is 28.6 Å². The number of anilines is 1. The molecule has 1 aliphatic heterocycles. The molecule has 0 spiro atoms. The number of nitrogen functional groups attached to an aromatic ring is 1. The van der Waals surface area contributed by atoms with Crippen LogP contribution in [0.1, 0.15) is 70.8 Å². The number of fused-ring (bicyclic) bond motifs is 5. The smallest absolute Gasteiger partial charge is 0.220 e. The van der Waals surface area contributed by atoms with E-state index < -0.39 is 0 Å². The minimum absolute atomic E-state index is 0.274. The predicted octanol–water partition coefficient (Wildman–Crippen LogP) is 5.17. The average Bonchev–Trinajstić information content (AvgIpc) is 3.00. The molecule has 3 N–H and O–H groups in total. The summed E-state index contributed by atoms with van der Waals surface area (Å²) < 4.78 is 0. The lowest BCUT2D eigenvalue weighted by molar-refractivity contribution is -0.134. The van der Waals surface area contributed by atoms with Crippen LogP contribution < -0.4 is 11.1 Å². The molecule has 150 valence electrons. The fraction of sp³-hybridized carbons (Fsp3) is 0.640. The first-order valence-corrected chi connectivity index (χ1v) is 11.3. The molecule has 1 aromatic rings. The molecule has 28 heavy (non-hydrogen) atoms. The third-order valence-corrected chi connectivity index (χ3v) is 9.22. The molecular weight excluding hydrogens is 344 g/mol. The predicted molar refractivity (Wildman–Crippen MR) is 114 cm³/mol. The number of hydrogen-bond donors (Lipinski definition) is 2. The second-order valence-corrected chi connectivity index (χ2v) is 10.4. The SMILES string of the molecule is C[C@]12CCC(=O)N[C@@H]1CC[C@@H]1[C@@H]2CC[C@]2(C)C(=Cc3ccc(N)cc3)CC[C@@H]12. The lowest BCUT2D eigenvalue weighted by Gasteiger charge is -2.59. The number of carbonyl (C=O) groups is 1. The number of nitrogens with one attached hydrogen (secondary N) is 1. The van der Waals surface area contributed by atoms with Crippen LogP contribution in [0.5, 0.6) is 0 Å². The minimum Gasteiger partial charge on any atom is -0.399 e. The normalized spacial score (nSPS) is 43.8. The summed E-state index contributed by atoms with van der Waals surface area (Å²) in [6.45, 7) is 5.03. The summed E-state index contributed by atoms with van der Waals surface area (Å²) in [7, 11) is 0. The molecule has 3 nitrogen and oxygen atoms in total. The summed E-state index contributed by atoms with van der Waals surface area (Å²) in [6.07, 6.45) is 11.9. The Morgan fingerprint density at radius 3 is 2.57 bits per heavy atom. The summed E-state index contributed by atoms with van der Waals surface area (Å²) in [4.78, 5) is 12.0. The third-order valence-electron chi connectivity index (χ3n) is 9.22. The van der Waals surface area contributed by atoms with Gasteiger partial charge >= 0.3 is 0 Å². The van der Waals surface area contributed by atoms with Gasteiger partial charge in [0, 0.05) is 18.2 Å². The monoisotopic (exact) mass is 378 g/mol. The molecule has 4 aliphatic rings. The lowest BCUT2D eigenvalue weighted by Crippen LogP contribution is -2.60. The highest BCUT2D eigenvalue weighted by atomic mass is 16.1. The van der Waals surface area contributed by atoms with Crippen LogP contribution in [0.2, 0.25) is 0 Å². The van der Waals surface area contributed by atoms with Crippen LogP contribution in [0.15, 0.2) is 29.8 Å². The lowest BCUT2D eigenvalue weighted by atomic mass is 9.47. The molecule has 5 rings (SSSR count). The third kappa shape index (κ3) is 2.65. The van der Waals surface area contributed by atoms with Gasteiger partial charge in [-0.3, -0.25) is 4.79 Å². The van der Waals surface area contributed by atoms with Gasteiger partial charge in [0.1, 0.15) is 0 Å². The van der Waals surface area contributed by atoms with E-state index in [0.717, 1.165) is 36.3 Å². The Bertz CT molecular complexity index is 812. The van der Waals surface area contributed by atoms with E-state index in [2.05, 4.69) is 37.4 Å². The molecule has 1 amide bonds. The van der Waals surface area contributed by atoms with E-state index in [0.29, 0.717) is 16.9 Å². The van der Waals surface area contributed by atoms with Crippen LogP contribution >= 0.6 is 0 Å². The van der Waals surface area contributed by atoms with Gasteiger partial charge in [-0.15, -0.1) is 0 Å². The molecule has 1 saturated heterocycles. The first-order chi connectivity index (χ1) is 13.4. The Hall–Kier alpha value is -1.77. The van der Waals surface area contributed by atoms with Crippen molar-refractivity contribution < 1.29 is 4.79 Å². The quantitative estimate of drug-likeness (QED) is 0.662. The second kappa shape index (κ2) is 6.37. The Balaban J connectivity index is 1.42. The topological polar surface area (TPSA) is 55.1 Å². The standard InChI is InChI=1S/C25H34N2O/c1-24-13-11-21-19(8-10-22-25(21,2)14-12-23(28)27-22)20(24)9-5-17(24)15-16-3-6-18(26)7-4-16/h3-4,6-7,15,19-22H,5,8-14,26H2,1-2H3,(H,27,28)/t19-,20-,21-,22+,24+,25+/m0/s1. The fourth-order valence-electron chi connectivity index (χ4n) is 7.58. The van der Waals surface area contributed by atoms with E-state index in [1.54, 1.807) is 5.57 Å². The molecule has 1 aromatic carbocycles. The van der Waals surface area contributed by atoms with Gasteiger partial charge in [-0.25, -0.2) is 0 Å². The number of amides is 1. The Morgan fingerprint density at radius 2 is 1.79 bits per heavy atom. The largest absolute Gasteiger partial charge is 0.399 e. The van der Waals surface area contributed by atoms with Crippen LogP contribution in [-0.4, -0.2) is 11.9 Å². The first-order valence-electron chi connectivity index (χ1n) is 11.3. The summed E-state index contributed by atoms with van der Waals surface area (Å²) in [6, 6.07) is 8.74. The molecule has 6 atom stereocenters. The van der Waals surface area contributed by atoms with Crippen LogP contribution in [0.3, 0.4) is 0 Å². The molecule has 0 bridgehead atoms. The molecule has 3 saturated carbocycles. The van der Waals surface area contributed by atoms with Crippen molar-refractivity contribution in [3.05, 3.63) is 35.4 Å². The van der Waals surface area contributed by atoms with E-state index in [4.69, 9.17) is 5.73 Å². The molecule has 1 heterocycles. The van der Waals surface area contributed by atoms with Crippen molar-refractivity contribution in [1.29, 1.82) is 0 Å². The van der Waals surface area contributed by atoms with Crippen molar-refractivity contribution in [3.63, 3.8) is 0 Å². The van der Waals surface area contributed by atoms with Crippen molar-refractivity contribution in [3.8, 4) is 0 Å². The number of hydrogen-bond acceptors (Lipinski definition) is 2. The second-order valence-electron chi connectivity index (χ2n) is 10.4. The van der Waals surface area contributed by atoms with Gasteiger partial charge in [-0.1, -0.05) is 37.6 Å². The Morgan fingerprint density at radius 1 is 1.00 bits per heavy atom. The van der Waals surface area contributed by atoms with Crippen LogP contribution in [-0.2, 0) is 4.79 Å². The number of carbonyl (C=O) groups excluding carboxylic acids is 1. The van der Waals surface area contributed by atoms with Crippen LogP contribution in [0.4, 0.5) is 5.69 Å². The molecular formula is C25H34N2O. The molecule has 4 fully saturated rings. The van der Waals surface area contributed by atoms with E-state index in [-0.39, 0.29) is 5.91 Å². The number of rotatable bonds is 1. The molecule has 3 heteroatoms. The maximum atomic E-state index is 12.0. The van der Waals surface area contributed by atoms with E-state index >= 15 is 0 Å². The van der Waals surface area contributed by atoms with Gasteiger partial charge < -0.3 is 11.1 Å². The zero-order valence-corrected chi connectivity index (χ0v) is 17.3.